The van der Waals surface area contributed by atoms with Gasteiger partial charge in [0.2, 0.25) is 5.91 Å². The minimum absolute atomic E-state index is 0.160. The summed E-state index contributed by atoms with van der Waals surface area (Å²) >= 11 is 7.60. The molecule has 0 saturated carbocycles. The second-order valence-electron chi connectivity index (χ2n) is 7.71. The molecule has 0 bridgehead atoms. The third-order valence-corrected chi connectivity index (χ3v) is 6.54. The first kappa shape index (κ1) is 23.9. The van der Waals surface area contributed by atoms with Crippen molar-refractivity contribution in [2.24, 2.45) is 0 Å². The summed E-state index contributed by atoms with van der Waals surface area (Å²) in [6.45, 7) is 2.62. The lowest BCUT2D eigenvalue weighted by atomic mass is 10.1. The number of hydrogen-bond acceptors (Lipinski definition) is 5. The van der Waals surface area contributed by atoms with E-state index >= 15 is 0 Å². The highest BCUT2D eigenvalue weighted by molar-refractivity contribution is 7.99. The normalized spacial score (nSPS) is 10.8. The number of para-hydroxylation sites is 1. The van der Waals surface area contributed by atoms with Gasteiger partial charge in [-0.15, -0.1) is 10.2 Å². The fraction of sp³-hybridized carbons (Fsp3) is 0.192. The molecule has 0 atom stereocenters. The van der Waals surface area contributed by atoms with Gasteiger partial charge in [0.25, 0.3) is 0 Å². The molecule has 174 valence electrons. The fourth-order valence-electron chi connectivity index (χ4n) is 3.55. The molecule has 8 heteroatoms. The summed E-state index contributed by atoms with van der Waals surface area (Å²) in [5.41, 5.74) is 3.70. The lowest BCUT2D eigenvalue weighted by molar-refractivity contribution is -0.113. The molecule has 4 aromatic rings. The number of amides is 1. The Morgan fingerprint density at radius 2 is 1.82 bits per heavy atom. The lowest BCUT2D eigenvalue weighted by Gasteiger charge is -2.13. The maximum absolute atomic E-state index is 12.6. The molecule has 0 saturated heterocycles. The van der Waals surface area contributed by atoms with Gasteiger partial charge in [-0.1, -0.05) is 71.9 Å². The summed E-state index contributed by atoms with van der Waals surface area (Å²) in [6.07, 6.45) is 0.805. The van der Waals surface area contributed by atoms with Crippen LogP contribution < -0.4 is 10.1 Å². The van der Waals surface area contributed by atoms with Gasteiger partial charge in [0.05, 0.1) is 29.1 Å². The molecule has 0 radical (unpaired) electrons. The Balaban J connectivity index is 1.55. The smallest absolute Gasteiger partial charge is 0.234 e. The van der Waals surface area contributed by atoms with Crippen molar-refractivity contribution in [3.8, 4) is 17.1 Å². The quantitative estimate of drug-likeness (QED) is 0.295. The lowest BCUT2D eigenvalue weighted by Crippen LogP contribution is -2.15. The number of carbonyl (C=O) groups excluding carboxylic acids is 1. The molecular weight excluding hydrogens is 468 g/mol. The maximum Gasteiger partial charge on any atom is 0.234 e. The van der Waals surface area contributed by atoms with Gasteiger partial charge in [0.15, 0.2) is 11.0 Å². The first-order valence-electron chi connectivity index (χ1n) is 10.8. The van der Waals surface area contributed by atoms with E-state index in [0.717, 1.165) is 23.3 Å². The fourth-order valence-corrected chi connectivity index (χ4v) is 4.60. The van der Waals surface area contributed by atoms with Crippen LogP contribution in [0.3, 0.4) is 0 Å². The summed E-state index contributed by atoms with van der Waals surface area (Å²) in [5.74, 6) is 1.45. The van der Waals surface area contributed by atoms with E-state index in [0.29, 0.717) is 28.2 Å². The summed E-state index contributed by atoms with van der Waals surface area (Å²) in [5, 5.41) is 12.9. The molecule has 1 heterocycles. The monoisotopic (exact) mass is 492 g/mol. The largest absolute Gasteiger partial charge is 0.496 e. The van der Waals surface area contributed by atoms with Gasteiger partial charge in [-0.2, -0.15) is 0 Å². The predicted octanol–water partition coefficient (Wildman–Crippen LogP) is 5.89. The van der Waals surface area contributed by atoms with E-state index in [4.69, 9.17) is 16.3 Å². The van der Waals surface area contributed by atoms with Gasteiger partial charge in [-0.05, 0) is 48.7 Å². The zero-order chi connectivity index (χ0) is 23.9. The molecule has 6 nitrogen and oxygen atoms in total. The van der Waals surface area contributed by atoms with Crippen molar-refractivity contribution in [1.29, 1.82) is 0 Å². The number of methoxy groups -OCH3 is 1. The number of thioether (sulfide) groups is 1. The minimum Gasteiger partial charge on any atom is -0.496 e. The Labute approximate surface area is 208 Å². The van der Waals surface area contributed by atoms with Crippen molar-refractivity contribution < 1.29 is 9.53 Å². The number of carbonyl (C=O) groups is 1. The van der Waals surface area contributed by atoms with Crippen LogP contribution in [0.25, 0.3) is 11.4 Å². The van der Waals surface area contributed by atoms with Gasteiger partial charge >= 0.3 is 0 Å². The SMILES string of the molecule is COc1ccccc1-c1nnc(SCC(=O)Nc2ccc(C)cc2Cl)n1CCc1ccccc1. The number of benzene rings is 3. The van der Waals surface area contributed by atoms with Gasteiger partial charge in [-0.25, -0.2) is 0 Å². The van der Waals surface area contributed by atoms with Crippen molar-refractivity contribution >= 4 is 35.0 Å². The molecule has 1 N–H and O–H groups in total. The second kappa shape index (κ2) is 11.2. The molecular formula is C26H25ClN4O2S. The molecule has 0 fully saturated rings. The Morgan fingerprint density at radius 1 is 1.06 bits per heavy atom. The maximum atomic E-state index is 12.6. The topological polar surface area (TPSA) is 69.0 Å². The number of halogens is 1. The van der Waals surface area contributed by atoms with E-state index < -0.39 is 0 Å². The number of ether oxygens (including phenoxy) is 1. The van der Waals surface area contributed by atoms with Crippen LogP contribution in [0, 0.1) is 6.92 Å². The molecule has 34 heavy (non-hydrogen) atoms. The van der Waals surface area contributed by atoms with E-state index in [9.17, 15) is 4.79 Å². The third kappa shape index (κ3) is 5.79. The highest BCUT2D eigenvalue weighted by Crippen LogP contribution is 2.31. The molecule has 4 rings (SSSR count). The van der Waals surface area contributed by atoms with Gasteiger partial charge in [-0.3, -0.25) is 4.79 Å². The van der Waals surface area contributed by atoms with Crippen molar-refractivity contribution in [3.63, 3.8) is 0 Å². The highest BCUT2D eigenvalue weighted by Gasteiger charge is 2.18. The van der Waals surface area contributed by atoms with Crippen LogP contribution in [0.4, 0.5) is 5.69 Å². The zero-order valence-electron chi connectivity index (χ0n) is 19.0. The molecule has 0 aliphatic carbocycles. The summed E-state index contributed by atoms with van der Waals surface area (Å²) in [7, 11) is 1.64. The Bertz CT molecular complexity index is 1280. The highest BCUT2D eigenvalue weighted by atomic mass is 35.5. The summed E-state index contributed by atoms with van der Waals surface area (Å²) < 4.78 is 7.59. The molecule has 0 unspecified atom stereocenters. The molecule has 0 aliphatic rings. The molecule has 0 aliphatic heterocycles. The number of nitrogens with zero attached hydrogens (tertiary/aromatic N) is 3. The second-order valence-corrected chi connectivity index (χ2v) is 9.06. The molecule has 0 spiro atoms. The van der Waals surface area contributed by atoms with Gasteiger partial charge in [0.1, 0.15) is 5.75 Å². The van der Waals surface area contributed by atoms with Gasteiger partial charge < -0.3 is 14.6 Å². The standard InChI is InChI=1S/C26H25ClN4O2S/c1-18-12-13-22(21(27)16-18)28-24(32)17-34-26-30-29-25(20-10-6-7-11-23(20)33-2)31(26)15-14-19-8-4-3-5-9-19/h3-13,16H,14-15,17H2,1-2H3,(H,28,32). The molecule has 1 aromatic heterocycles. The van der Waals surface area contributed by atoms with Crippen LogP contribution in [0.1, 0.15) is 11.1 Å². The minimum atomic E-state index is -0.160. The van der Waals surface area contributed by atoms with Crippen LogP contribution >= 0.6 is 23.4 Å². The average Bonchev–Trinajstić information content (AvgIpc) is 3.26. The van der Waals surface area contributed by atoms with E-state index in [-0.39, 0.29) is 11.7 Å². The van der Waals surface area contributed by atoms with Crippen molar-refractivity contribution in [2.75, 3.05) is 18.2 Å². The van der Waals surface area contributed by atoms with Crippen LogP contribution in [0.2, 0.25) is 5.02 Å². The van der Waals surface area contributed by atoms with Crippen LogP contribution in [-0.2, 0) is 17.8 Å². The zero-order valence-corrected chi connectivity index (χ0v) is 20.6. The van der Waals surface area contributed by atoms with E-state index in [1.165, 1.54) is 17.3 Å². The average molecular weight is 493 g/mol. The summed E-state index contributed by atoms with van der Waals surface area (Å²) in [4.78, 5) is 12.6. The Morgan fingerprint density at radius 3 is 2.59 bits per heavy atom. The predicted molar refractivity (Wildman–Crippen MR) is 138 cm³/mol. The van der Waals surface area contributed by atoms with E-state index in [1.807, 2.05) is 72.2 Å². The van der Waals surface area contributed by atoms with E-state index in [1.54, 1.807) is 7.11 Å². The number of anilines is 1. The van der Waals surface area contributed by atoms with Crippen molar-refractivity contribution in [3.05, 3.63) is 88.9 Å². The van der Waals surface area contributed by atoms with Crippen LogP contribution in [0.15, 0.2) is 78.0 Å². The summed E-state index contributed by atoms with van der Waals surface area (Å²) in [6, 6.07) is 23.5. The van der Waals surface area contributed by atoms with Crippen LogP contribution in [-0.4, -0.2) is 33.5 Å². The first-order valence-corrected chi connectivity index (χ1v) is 12.2. The number of hydrogen-bond donors (Lipinski definition) is 1. The number of aryl methyl sites for hydroxylation is 2. The van der Waals surface area contributed by atoms with E-state index in [2.05, 4.69) is 27.6 Å². The third-order valence-electron chi connectivity index (χ3n) is 5.26. The number of rotatable bonds is 9. The number of nitrogens with one attached hydrogen (secondary N) is 1. The van der Waals surface area contributed by atoms with Gasteiger partial charge in [0, 0.05) is 6.54 Å². The van der Waals surface area contributed by atoms with Crippen molar-refractivity contribution in [1.82, 2.24) is 14.8 Å². The Kier molecular flexibility index (Phi) is 7.87. The molecule has 1 amide bonds. The molecule has 3 aromatic carbocycles. The number of aromatic nitrogens is 3. The first-order chi connectivity index (χ1) is 16.5. The van der Waals surface area contributed by atoms with Crippen molar-refractivity contribution in [2.45, 2.75) is 25.0 Å². The Hall–Kier alpha value is -3.29. The van der Waals surface area contributed by atoms with Crippen LogP contribution in [0.5, 0.6) is 5.75 Å².